The number of benzene rings is 1. The van der Waals surface area contributed by atoms with Crippen molar-refractivity contribution in [2.24, 2.45) is 5.41 Å². The molecule has 1 aromatic heterocycles. The standard InChI is InChI=1S/C28H32F3N3O5/c1-26(2)16-18-4-3-5-19(23(18)39-26)17-33-10-6-27(7-11-33)8-12-34(13-9-27)24(36)20-14-21(35)32-22(15-20)38-25(37)28(29,30)31/h3-5,14-15H,6-13,16-17H2,1-2H3,(H,32,35). The molecule has 1 N–H and O–H groups in total. The van der Waals surface area contributed by atoms with E-state index in [2.05, 4.69) is 46.7 Å². The number of pyridine rings is 1. The molecule has 0 atom stereocenters. The molecule has 1 aromatic carbocycles. The van der Waals surface area contributed by atoms with Gasteiger partial charge in [-0.3, -0.25) is 9.69 Å². The number of aromatic hydroxyl groups is 1. The first-order valence-corrected chi connectivity index (χ1v) is 13.1. The predicted molar refractivity (Wildman–Crippen MR) is 135 cm³/mol. The van der Waals surface area contributed by atoms with Crippen molar-refractivity contribution in [3.8, 4) is 17.5 Å². The van der Waals surface area contributed by atoms with Gasteiger partial charge in [0.05, 0.1) is 5.56 Å². The van der Waals surface area contributed by atoms with E-state index >= 15 is 0 Å². The van der Waals surface area contributed by atoms with Gasteiger partial charge in [-0.15, -0.1) is 0 Å². The number of amides is 1. The second kappa shape index (κ2) is 10.0. The summed E-state index contributed by atoms with van der Waals surface area (Å²) in [6, 6.07) is 8.38. The van der Waals surface area contributed by atoms with Gasteiger partial charge in [-0.1, -0.05) is 18.2 Å². The number of rotatable bonds is 4. The zero-order valence-corrected chi connectivity index (χ0v) is 22.0. The van der Waals surface area contributed by atoms with Crippen LogP contribution in [0.3, 0.4) is 0 Å². The minimum Gasteiger partial charge on any atom is -0.493 e. The fraction of sp³-hybridized carbons (Fsp3) is 0.536. The summed E-state index contributed by atoms with van der Waals surface area (Å²) in [6.45, 7) is 7.95. The van der Waals surface area contributed by atoms with Gasteiger partial charge < -0.3 is 19.5 Å². The number of aromatic nitrogens is 1. The SMILES string of the molecule is CC1(C)Cc2cccc(CN3CCC4(CC3)CCN(C(=O)c3cc(O)nc(OC(=O)C(F)(F)F)c3)CC4)c2O1. The third-order valence-electron chi connectivity index (χ3n) is 8.06. The van der Waals surface area contributed by atoms with E-state index in [4.69, 9.17) is 4.74 Å². The van der Waals surface area contributed by atoms with E-state index in [0.29, 0.717) is 13.1 Å². The topological polar surface area (TPSA) is 92.2 Å². The Morgan fingerprint density at radius 3 is 2.41 bits per heavy atom. The van der Waals surface area contributed by atoms with Crippen LogP contribution in [0.4, 0.5) is 13.2 Å². The van der Waals surface area contributed by atoms with Crippen molar-refractivity contribution in [1.82, 2.24) is 14.8 Å². The second-order valence-electron chi connectivity index (χ2n) is 11.5. The number of carbonyl (C=O) groups excluding carboxylic acids is 2. The van der Waals surface area contributed by atoms with E-state index in [0.717, 1.165) is 69.6 Å². The fourth-order valence-corrected chi connectivity index (χ4v) is 5.92. The molecule has 39 heavy (non-hydrogen) atoms. The quantitative estimate of drug-likeness (QED) is 0.564. The van der Waals surface area contributed by atoms with E-state index < -0.39 is 29.8 Å². The highest BCUT2D eigenvalue weighted by molar-refractivity contribution is 5.95. The third kappa shape index (κ3) is 5.98. The highest BCUT2D eigenvalue weighted by Gasteiger charge is 2.42. The van der Waals surface area contributed by atoms with Crippen LogP contribution in [0.25, 0.3) is 0 Å². The van der Waals surface area contributed by atoms with Crippen LogP contribution in [0.15, 0.2) is 30.3 Å². The van der Waals surface area contributed by atoms with Gasteiger partial charge in [0.25, 0.3) is 5.91 Å². The van der Waals surface area contributed by atoms with Gasteiger partial charge >= 0.3 is 12.1 Å². The van der Waals surface area contributed by atoms with Crippen LogP contribution in [0.1, 0.15) is 61.0 Å². The summed E-state index contributed by atoms with van der Waals surface area (Å²) in [5, 5.41) is 9.80. The Morgan fingerprint density at radius 1 is 1.08 bits per heavy atom. The van der Waals surface area contributed by atoms with E-state index in [1.807, 2.05) is 0 Å². The minimum atomic E-state index is -5.22. The molecule has 8 nitrogen and oxygen atoms in total. The van der Waals surface area contributed by atoms with Gasteiger partial charge in [0.1, 0.15) is 11.4 Å². The van der Waals surface area contributed by atoms with Crippen molar-refractivity contribution in [2.75, 3.05) is 26.2 Å². The number of nitrogens with zero attached hydrogens (tertiary/aromatic N) is 3. The van der Waals surface area contributed by atoms with Gasteiger partial charge in [0, 0.05) is 43.8 Å². The Bertz CT molecular complexity index is 1260. The van der Waals surface area contributed by atoms with Crippen LogP contribution in [0, 0.1) is 5.41 Å². The molecule has 0 radical (unpaired) electrons. The van der Waals surface area contributed by atoms with Crippen LogP contribution in [0.5, 0.6) is 17.5 Å². The lowest BCUT2D eigenvalue weighted by Crippen LogP contribution is -2.48. The van der Waals surface area contributed by atoms with Crippen LogP contribution in [0.2, 0.25) is 0 Å². The molecule has 3 aliphatic heterocycles. The molecular formula is C28H32F3N3O5. The highest BCUT2D eigenvalue weighted by Crippen LogP contribution is 2.43. The van der Waals surface area contributed by atoms with E-state index in [9.17, 15) is 27.9 Å². The summed E-state index contributed by atoms with van der Waals surface area (Å²) in [5.74, 6) is -3.39. The van der Waals surface area contributed by atoms with Crippen molar-refractivity contribution in [2.45, 2.75) is 64.3 Å². The molecule has 4 heterocycles. The van der Waals surface area contributed by atoms with Crippen molar-refractivity contribution in [3.05, 3.63) is 47.0 Å². The maximum Gasteiger partial charge on any atom is 0.491 e. The number of hydrogen-bond donors (Lipinski definition) is 1. The first-order valence-electron chi connectivity index (χ1n) is 13.1. The molecule has 0 unspecified atom stereocenters. The summed E-state index contributed by atoms with van der Waals surface area (Å²) >= 11 is 0. The molecule has 3 aliphatic rings. The molecule has 2 saturated heterocycles. The van der Waals surface area contributed by atoms with Crippen molar-refractivity contribution in [1.29, 1.82) is 0 Å². The Kier molecular flexibility index (Phi) is 6.98. The normalized spacial score (nSPS) is 20.4. The van der Waals surface area contributed by atoms with Gasteiger partial charge in [-0.25, -0.2) is 4.79 Å². The van der Waals surface area contributed by atoms with Crippen LogP contribution in [-0.4, -0.2) is 69.7 Å². The first kappa shape index (κ1) is 27.2. The van der Waals surface area contributed by atoms with Crippen molar-refractivity contribution >= 4 is 11.9 Å². The number of esters is 1. The number of carbonyl (C=O) groups is 2. The monoisotopic (exact) mass is 547 g/mol. The molecule has 5 rings (SSSR count). The Hall–Kier alpha value is -3.34. The maximum absolute atomic E-state index is 13.1. The number of alkyl halides is 3. The van der Waals surface area contributed by atoms with E-state index in [1.165, 1.54) is 11.1 Å². The summed E-state index contributed by atoms with van der Waals surface area (Å²) < 4.78 is 48.0. The number of halogens is 3. The van der Waals surface area contributed by atoms with E-state index in [1.54, 1.807) is 4.90 Å². The molecule has 11 heteroatoms. The zero-order chi connectivity index (χ0) is 28.0. The van der Waals surface area contributed by atoms with Crippen molar-refractivity contribution < 1.29 is 37.3 Å². The lowest BCUT2D eigenvalue weighted by atomic mass is 9.71. The third-order valence-corrected chi connectivity index (χ3v) is 8.06. The second-order valence-corrected chi connectivity index (χ2v) is 11.5. The zero-order valence-electron chi connectivity index (χ0n) is 22.0. The molecular weight excluding hydrogens is 515 g/mol. The van der Waals surface area contributed by atoms with E-state index in [-0.39, 0.29) is 16.6 Å². The number of ether oxygens (including phenoxy) is 2. The number of likely N-dealkylation sites (tertiary alicyclic amines) is 2. The average Bonchev–Trinajstić information content (AvgIpc) is 3.19. The van der Waals surface area contributed by atoms with Gasteiger partial charge in [-0.05, 0) is 63.6 Å². The maximum atomic E-state index is 13.1. The number of fused-ring (bicyclic) bond motifs is 1. The van der Waals surface area contributed by atoms with Crippen molar-refractivity contribution in [3.63, 3.8) is 0 Å². The van der Waals surface area contributed by atoms with Gasteiger partial charge in [-0.2, -0.15) is 18.2 Å². The molecule has 1 spiro atoms. The Balaban J connectivity index is 1.16. The number of piperidine rings is 2. The van der Waals surface area contributed by atoms with Crippen LogP contribution in [-0.2, 0) is 17.8 Å². The minimum absolute atomic E-state index is 0.0842. The fourth-order valence-electron chi connectivity index (χ4n) is 5.92. The molecule has 210 valence electrons. The average molecular weight is 548 g/mol. The summed E-state index contributed by atoms with van der Waals surface area (Å²) in [5.41, 5.74) is 2.35. The molecule has 1 amide bonds. The smallest absolute Gasteiger partial charge is 0.491 e. The molecule has 0 aliphatic carbocycles. The Morgan fingerprint density at radius 2 is 1.74 bits per heavy atom. The largest absolute Gasteiger partial charge is 0.493 e. The molecule has 2 fully saturated rings. The lowest BCUT2D eigenvalue weighted by Gasteiger charge is -2.47. The lowest BCUT2D eigenvalue weighted by molar-refractivity contribution is -0.190. The van der Waals surface area contributed by atoms with Gasteiger partial charge in [0.2, 0.25) is 11.8 Å². The van der Waals surface area contributed by atoms with Crippen LogP contribution >= 0.6 is 0 Å². The Labute approximate surface area is 224 Å². The summed E-state index contributed by atoms with van der Waals surface area (Å²) in [7, 11) is 0. The molecule has 0 saturated carbocycles. The number of para-hydroxylation sites is 1. The first-order chi connectivity index (χ1) is 18.3. The van der Waals surface area contributed by atoms with Gasteiger partial charge in [0.15, 0.2) is 0 Å². The molecule has 2 aromatic rings. The summed E-state index contributed by atoms with van der Waals surface area (Å²) in [4.78, 5) is 31.6. The summed E-state index contributed by atoms with van der Waals surface area (Å²) in [6.07, 6.45) is -0.642. The van der Waals surface area contributed by atoms with Crippen LogP contribution < -0.4 is 9.47 Å². The predicted octanol–water partition coefficient (Wildman–Crippen LogP) is 4.49. The molecule has 0 bridgehead atoms. The number of hydrogen-bond acceptors (Lipinski definition) is 7. The highest BCUT2D eigenvalue weighted by atomic mass is 19.4.